The van der Waals surface area contributed by atoms with Gasteiger partial charge in [0.2, 0.25) is 0 Å². The van der Waals surface area contributed by atoms with Gasteiger partial charge in [-0.3, -0.25) is 0 Å². The van der Waals surface area contributed by atoms with Gasteiger partial charge in [0.15, 0.2) is 11.0 Å². The number of nitrogens with one attached hydrogen (secondary N) is 1. The summed E-state index contributed by atoms with van der Waals surface area (Å²) in [5.74, 6) is 6.08. The molecule has 0 aromatic carbocycles. The Kier molecular flexibility index (Phi) is 3.35. The molecule has 0 unspecified atom stereocenters. The van der Waals surface area contributed by atoms with E-state index in [-0.39, 0.29) is 5.15 Å². The second-order valence-corrected chi connectivity index (χ2v) is 2.57. The molecule has 1 rings (SSSR count). The van der Waals surface area contributed by atoms with E-state index in [9.17, 15) is 0 Å². The zero-order valence-corrected chi connectivity index (χ0v) is 7.89. The number of hydrogen-bond donors (Lipinski definition) is 2. The van der Waals surface area contributed by atoms with Crippen LogP contribution in [0.2, 0.25) is 5.15 Å². The third-order valence-corrected chi connectivity index (χ3v) is 1.66. The molecule has 0 fully saturated rings. The summed E-state index contributed by atoms with van der Waals surface area (Å²) >= 11 is 5.67. The number of nitrogens with two attached hydrogens (primary N) is 1. The van der Waals surface area contributed by atoms with Crippen molar-refractivity contribution in [3.05, 3.63) is 11.5 Å². The fourth-order valence-corrected chi connectivity index (χ4v) is 0.864. The molecule has 1 heterocycles. The first kappa shape index (κ1) is 9.62. The minimum absolute atomic E-state index is 0.252. The molecule has 1 aromatic rings. The molecule has 13 heavy (non-hydrogen) atoms. The molecule has 0 atom stereocenters. The Morgan fingerprint density at radius 2 is 2.38 bits per heavy atom. The van der Waals surface area contributed by atoms with Crippen molar-refractivity contribution >= 4 is 23.1 Å². The van der Waals surface area contributed by atoms with E-state index in [0.717, 1.165) is 0 Å². The van der Waals surface area contributed by atoms with E-state index < -0.39 is 0 Å². The lowest BCUT2D eigenvalue weighted by molar-refractivity contribution is 1.15. The van der Waals surface area contributed by atoms with Crippen LogP contribution in [-0.2, 0) is 0 Å². The van der Waals surface area contributed by atoms with Crippen LogP contribution in [0.25, 0.3) is 0 Å². The molecular formula is C8H9ClN4. The van der Waals surface area contributed by atoms with Crippen LogP contribution in [0.5, 0.6) is 0 Å². The van der Waals surface area contributed by atoms with Crippen molar-refractivity contribution in [3.8, 4) is 11.8 Å². The fraction of sp³-hybridized carbons (Fsp3) is 0.250. The molecule has 0 amide bonds. The molecule has 3 N–H and O–H groups in total. The molecule has 0 bridgehead atoms. The van der Waals surface area contributed by atoms with E-state index in [1.807, 2.05) is 0 Å². The highest BCUT2D eigenvalue weighted by Crippen LogP contribution is 2.21. The van der Waals surface area contributed by atoms with Crippen LogP contribution in [0.15, 0.2) is 6.33 Å². The van der Waals surface area contributed by atoms with Crippen LogP contribution in [0.4, 0.5) is 11.5 Å². The minimum Gasteiger partial charge on any atom is -0.393 e. The van der Waals surface area contributed by atoms with Crippen LogP contribution in [-0.4, -0.2) is 16.5 Å². The summed E-state index contributed by atoms with van der Waals surface area (Å²) < 4.78 is 0. The summed E-state index contributed by atoms with van der Waals surface area (Å²) in [6.45, 7) is 2.26. The van der Waals surface area contributed by atoms with Crippen LogP contribution in [0, 0.1) is 11.8 Å². The molecule has 1 aromatic heterocycles. The summed E-state index contributed by atoms with van der Waals surface area (Å²) in [7, 11) is 0. The number of anilines is 2. The molecule has 0 saturated heterocycles. The van der Waals surface area contributed by atoms with Gasteiger partial charge in [-0.15, -0.1) is 5.92 Å². The highest BCUT2D eigenvalue weighted by molar-refractivity contribution is 6.32. The lowest BCUT2D eigenvalue weighted by Gasteiger charge is -2.04. The van der Waals surface area contributed by atoms with Gasteiger partial charge < -0.3 is 11.1 Å². The smallest absolute Gasteiger partial charge is 0.157 e. The van der Waals surface area contributed by atoms with E-state index >= 15 is 0 Å². The standard InChI is InChI=1S/C8H9ClN4/c1-2-3-4-11-8-6(10)7(9)12-5-13-8/h5H,4,10H2,1H3,(H,11,12,13). The number of aromatic nitrogens is 2. The third-order valence-electron chi connectivity index (χ3n) is 1.36. The number of nitrogens with zero attached hydrogens (tertiary/aromatic N) is 2. The summed E-state index contributed by atoms with van der Waals surface area (Å²) in [6.07, 6.45) is 1.35. The van der Waals surface area contributed by atoms with Crippen molar-refractivity contribution in [3.63, 3.8) is 0 Å². The predicted molar refractivity (Wildman–Crippen MR) is 53.4 cm³/mol. The maximum absolute atomic E-state index is 5.67. The Bertz CT molecular complexity index is 353. The molecule has 4 nitrogen and oxygen atoms in total. The van der Waals surface area contributed by atoms with Gasteiger partial charge in [0.25, 0.3) is 0 Å². The number of nitrogen functional groups attached to an aromatic ring is 1. The Labute approximate surface area is 81.5 Å². The molecule has 0 aliphatic carbocycles. The van der Waals surface area contributed by atoms with E-state index in [4.69, 9.17) is 17.3 Å². The normalized spacial score (nSPS) is 8.77. The summed E-state index contributed by atoms with van der Waals surface area (Å²) in [4.78, 5) is 7.63. The Hall–Kier alpha value is -1.47. The van der Waals surface area contributed by atoms with Gasteiger partial charge in [-0.05, 0) is 6.92 Å². The van der Waals surface area contributed by atoms with Crippen molar-refractivity contribution in [2.24, 2.45) is 0 Å². The van der Waals surface area contributed by atoms with Crippen LogP contribution >= 0.6 is 11.6 Å². The lowest BCUT2D eigenvalue weighted by atomic mass is 10.4. The van der Waals surface area contributed by atoms with Gasteiger partial charge >= 0.3 is 0 Å². The molecular weight excluding hydrogens is 188 g/mol. The van der Waals surface area contributed by atoms with Crippen molar-refractivity contribution in [1.82, 2.24) is 9.97 Å². The second-order valence-electron chi connectivity index (χ2n) is 2.21. The molecule has 0 radical (unpaired) electrons. The van der Waals surface area contributed by atoms with Crippen LogP contribution in [0.1, 0.15) is 6.92 Å². The van der Waals surface area contributed by atoms with Crippen molar-refractivity contribution < 1.29 is 0 Å². The highest BCUT2D eigenvalue weighted by Gasteiger charge is 2.03. The summed E-state index contributed by atoms with van der Waals surface area (Å²) in [6, 6.07) is 0. The summed E-state index contributed by atoms with van der Waals surface area (Å²) in [5.41, 5.74) is 5.95. The summed E-state index contributed by atoms with van der Waals surface area (Å²) in [5, 5.41) is 3.17. The van der Waals surface area contributed by atoms with Gasteiger partial charge in [-0.25, -0.2) is 9.97 Å². The quantitative estimate of drug-likeness (QED) is 0.550. The molecule has 0 aliphatic rings. The average Bonchev–Trinajstić information content (AvgIpc) is 2.13. The zero-order valence-electron chi connectivity index (χ0n) is 7.13. The monoisotopic (exact) mass is 196 g/mol. The predicted octanol–water partition coefficient (Wildman–Crippen LogP) is 1.15. The van der Waals surface area contributed by atoms with Crippen molar-refractivity contribution in [2.45, 2.75) is 6.92 Å². The van der Waals surface area contributed by atoms with Crippen molar-refractivity contribution in [2.75, 3.05) is 17.6 Å². The fourth-order valence-electron chi connectivity index (χ4n) is 0.731. The van der Waals surface area contributed by atoms with Gasteiger partial charge in [0.05, 0.1) is 6.54 Å². The average molecular weight is 197 g/mol. The first-order valence-electron chi connectivity index (χ1n) is 3.65. The Balaban J connectivity index is 2.75. The maximum atomic E-state index is 5.67. The Morgan fingerprint density at radius 1 is 1.62 bits per heavy atom. The number of halogens is 1. The zero-order chi connectivity index (χ0) is 9.68. The van der Waals surface area contributed by atoms with E-state index in [2.05, 4.69) is 27.1 Å². The van der Waals surface area contributed by atoms with Gasteiger partial charge in [-0.2, -0.15) is 0 Å². The minimum atomic E-state index is 0.252. The lowest BCUT2D eigenvalue weighted by Crippen LogP contribution is -2.05. The van der Waals surface area contributed by atoms with Crippen LogP contribution in [0.3, 0.4) is 0 Å². The molecule has 5 heteroatoms. The van der Waals surface area contributed by atoms with Gasteiger partial charge in [-0.1, -0.05) is 17.5 Å². The number of hydrogen-bond acceptors (Lipinski definition) is 4. The second kappa shape index (κ2) is 4.53. The maximum Gasteiger partial charge on any atom is 0.157 e. The first-order chi connectivity index (χ1) is 6.25. The van der Waals surface area contributed by atoms with Crippen molar-refractivity contribution in [1.29, 1.82) is 0 Å². The SMILES string of the molecule is CC#CCNc1ncnc(Cl)c1N. The molecule has 0 aliphatic heterocycles. The van der Waals surface area contributed by atoms with E-state index in [0.29, 0.717) is 18.1 Å². The molecule has 68 valence electrons. The first-order valence-corrected chi connectivity index (χ1v) is 4.03. The van der Waals surface area contributed by atoms with E-state index in [1.54, 1.807) is 6.92 Å². The topological polar surface area (TPSA) is 63.8 Å². The third kappa shape index (κ3) is 2.49. The van der Waals surface area contributed by atoms with Crippen LogP contribution < -0.4 is 11.1 Å². The Morgan fingerprint density at radius 3 is 3.08 bits per heavy atom. The number of rotatable bonds is 2. The molecule has 0 spiro atoms. The highest BCUT2D eigenvalue weighted by atomic mass is 35.5. The molecule has 0 saturated carbocycles. The van der Waals surface area contributed by atoms with E-state index in [1.165, 1.54) is 6.33 Å². The largest absolute Gasteiger partial charge is 0.393 e. The van der Waals surface area contributed by atoms with Gasteiger partial charge in [0.1, 0.15) is 12.0 Å². The van der Waals surface area contributed by atoms with Gasteiger partial charge in [0, 0.05) is 0 Å².